The third-order valence-electron chi connectivity index (χ3n) is 7.65. The summed E-state index contributed by atoms with van der Waals surface area (Å²) in [7, 11) is 0. The van der Waals surface area contributed by atoms with Crippen LogP contribution in [-0.4, -0.2) is 80.4 Å². The molecule has 0 radical (unpaired) electrons. The van der Waals surface area contributed by atoms with Crippen molar-refractivity contribution in [1.82, 2.24) is 0 Å². The van der Waals surface area contributed by atoms with Crippen LogP contribution in [0.15, 0.2) is 11.1 Å². The summed E-state index contributed by atoms with van der Waals surface area (Å²) >= 11 is 0. The fraction of sp³-hybridized carbons (Fsp3) is 0.750. The number of fused-ring (bicyclic) bond motifs is 3. The first-order chi connectivity index (χ1) is 16.0. The van der Waals surface area contributed by atoms with Gasteiger partial charge in [-0.1, -0.05) is 13.8 Å². The molecular weight excluding hydrogens is 464 g/mol. The average molecular weight is 499 g/mol. The highest BCUT2D eigenvalue weighted by Crippen LogP contribution is 2.57. The van der Waals surface area contributed by atoms with Gasteiger partial charge in [-0.2, -0.15) is 0 Å². The molecule has 0 aromatic carbocycles. The van der Waals surface area contributed by atoms with E-state index in [1.807, 2.05) is 0 Å². The lowest BCUT2D eigenvalue weighted by atomic mass is 9.75. The second-order valence-corrected chi connectivity index (χ2v) is 10.2. The molecule has 3 aliphatic rings. The van der Waals surface area contributed by atoms with Crippen molar-refractivity contribution in [2.45, 2.75) is 103 Å². The maximum Gasteiger partial charge on any atom is 0.341 e. The van der Waals surface area contributed by atoms with Crippen LogP contribution in [-0.2, 0) is 38.1 Å². The molecule has 2 aliphatic carbocycles. The fourth-order valence-corrected chi connectivity index (χ4v) is 5.54. The van der Waals surface area contributed by atoms with Gasteiger partial charge in [0.2, 0.25) is 0 Å². The summed E-state index contributed by atoms with van der Waals surface area (Å²) < 4.78 is 22.2. The molecule has 0 bridgehead atoms. The van der Waals surface area contributed by atoms with E-state index in [9.17, 15) is 34.5 Å². The molecule has 1 aliphatic heterocycles. The smallest absolute Gasteiger partial charge is 0.341 e. The van der Waals surface area contributed by atoms with E-state index < -0.39 is 76.9 Å². The molecule has 1 heterocycles. The van der Waals surface area contributed by atoms with Crippen molar-refractivity contribution in [3.63, 3.8) is 0 Å². The number of hydrogen-bond donors (Lipinski definition) is 3. The summed E-state index contributed by atoms with van der Waals surface area (Å²) in [4.78, 5) is 49.7. The van der Waals surface area contributed by atoms with E-state index in [-0.39, 0.29) is 17.6 Å². The number of rotatable bonds is 5. The highest BCUT2D eigenvalue weighted by molar-refractivity contribution is 5.85. The van der Waals surface area contributed by atoms with Gasteiger partial charge in [0.05, 0.1) is 11.8 Å². The Morgan fingerprint density at radius 1 is 1.14 bits per heavy atom. The highest BCUT2D eigenvalue weighted by Gasteiger charge is 2.75. The molecule has 35 heavy (non-hydrogen) atoms. The van der Waals surface area contributed by atoms with Crippen LogP contribution in [0.4, 0.5) is 0 Å². The minimum atomic E-state index is -2.53. The molecule has 1 saturated carbocycles. The molecule has 2 unspecified atom stereocenters. The van der Waals surface area contributed by atoms with Crippen molar-refractivity contribution in [1.29, 1.82) is 0 Å². The van der Waals surface area contributed by atoms with Crippen molar-refractivity contribution < 1.29 is 53.4 Å². The summed E-state index contributed by atoms with van der Waals surface area (Å²) in [5.41, 5.74) is -6.30. The van der Waals surface area contributed by atoms with Crippen LogP contribution >= 0.6 is 0 Å². The van der Waals surface area contributed by atoms with Crippen LogP contribution in [0.5, 0.6) is 0 Å². The van der Waals surface area contributed by atoms with Crippen molar-refractivity contribution in [3.05, 3.63) is 11.1 Å². The first kappa shape index (κ1) is 27.1. The molecule has 2 fully saturated rings. The van der Waals surface area contributed by atoms with Crippen LogP contribution in [0.2, 0.25) is 0 Å². The van der Waals surface area contributed by atoms with Gasteiger partial charge in [0, 0.05) is 20.3 Å². The summed E-state index contributed by atoms with van der Waals surface area (Å²) in [6, 6.07) is 0. The zero-order chi connectivity index (χ0) is 26.7. The summed E-state index contributed by atoms with van der Waals surface area (Å²) in [6.07, 6.45) is -5.75. The van der Waals surface area contributed by atoms with E-state index in [2.05, 4.69) is 0 Å². The van der Waals surface area contributed by atoms with Gasteiger partial charge in [-0.15, -0.1) is 0 Å². The summed E-state index contributed by atoms with van der Waals surface area (Å²) in [6.45, 7) is 9.73. The van der Waals surface area contributed by atoms with Gasteiger partial charge in [-0.25, -0.2) is 4.79 Å². The van der Waals surface area contributed by atoms with Gasteiger partial charge in [0.25, 0.3) is 0 Å². The molecular formula is C24H34O11. The Hall–Kier alpha value is -2.50. The minimum Gasteiger partial charge on any atom is -0.459 e. The third kappa shape index (κ3) is 4.03. The molecule has 11 heteroatoms. The largest absolute Gasteiger partial charge is 0.459 e. The SMILES string of the molecule is CC[C@H](C)C(=O)O[C@H]1C[C@](C)(OC(C)=O)[C@@H]2C(=C(C)C(O)C2OC(C)=O)[C@@H]2OC(=O)[C@@](C)(O)[C@@]12O. The Kier molecular flexibility index (Phi) is 6.86. The summed E-state index contributed by atoms with van der Waals surface area (Å²) in [5, 5.41) is 34.1. The van der Waals surface area contributed by atoms with Crippen LogP contribution in [0.25, 0.3) is 0 Å². The molecule has 11 nitrogen and oxygen atoms in total. The molecule has 0 spiro atoms. The number of carbonyl (C=O) groups excluding carboxylic acids is 4. The molecule has 0 amide bonds. The minimum absolute atomic E-state index is 0.128. The second kappa shape index (κ2) is 8.86. The van der Waals surface area contributed by atoms with Crippen molar-refractivity contribution in [2.24, 2.45) is 11.8 Å². The van der Waals surface area contributed by atoms with Crippen LogP contribution in [0.3, 0.4) is 0 Å². The first-order valence-corrected chi connectivity index (χ1v) is 11.6. The molecule has 3 N–H and O–H groups in total. The molecule has 0 aromatic rings. The number of hydrogen-bond acceptors (Lipinski definition) is 11. The van der Waals surface area contributed by atoms with E-state index in [1.54, 1.807) is 13.8 Å². The Bertz CT molecular complexity index is 969. The van der Waals surface area contributed by atoms with Gasteiger partial charge >= 0.3 is 23.9 Å². The molecule has 196 valence electrons. The molecule has 1 saturated heterocycles. The van der Waals surface area contributed by atoms with Crippen molar-refractivity contribution >= 4 is 23.9 Å². The first-order valence-electron chi connectivity index (χ1n) is 11.6. The topological polar surface area (TPSA) is 166 Å². The van der Waals surface area contributed by atoms with Gasteiger partial charge in [-0.3, -0.25) is 14.4 Å². The Balaban J connectivity index is 2.29. The second-order valence-electron chi connectivity index (χ2n) is 10.2. The quantitative estimate of drug-likeness (QED) is 0.271. The van der Waals surface area contributed by atoms with Crippen LogP contribution < -0.4 is 0 Å². The lowest BCUT2D eigenvalue weighted by Crippen LogP contribution is -2.64. The lowest BCUT2D eigenvalue weighted by Gasteiger charge is -2.41. The molecule has 3 rings (SSSR count). The predicted molar refractivity (Wildman–Crippen MR) is 117 cm³/mol. The standard InChI is InChI=1S/C24H34O11/c1-8-10(2)20(28)33-14-9-22(6,35-13(5)26)16-15(11(3)17(27)18(16)32-12(4)25)19-24(14,31)23(7,30)21(29)34-19/h10,14,16-19,27,30-31H,8-9H2,1-7H3/t10-,14-,16+,17?,18?,19-,22-,23+,24+/m0/s1. The van der Waals surface area contributed by atoms with E-state index in [0.717, 1.165) is 20.8 Å². The Morgan fingerprint density at radius 2 is 1.74 bits per heavy atom. The van der Waals surface area contributed by atoms with Gasteiger partial charge in [0.1, 0.15) is 23.9 Å². The molecule has 0 aromatic heterocycles. The normalized spacial score (nSPS) is 41.3. The molecule has 9 atom stereocenters. The Morgan fingerprint density at radius 3 is 2.26 bits per heavy atom. The summed E-state index contributed by atoms with van der Waals surface area (Å²) in [5.74, 6) is -4.95. The van der Waals surface area contributed by atoms with Gasteiger partial charge < -0.3 is 34.3 Å². The average Bonchev–Trinajstić information content (AvgIpc) is 3.05. The van der Waals surface area contributed by atoms with Gasteiger partial charge in [-0.05, 0) is 38.3 Å². The van der Waals surface area contributed by atoms with Crippen LogP contribution in [0.1, 0.15) is 61.3 Å². The van der Waals surface area contributed by atoms with Crippen molar-refractivity contribution in [2.75, 3.05) is 0 Å². The number of aliphatic hydroxyl groups is 3. The predicted octanol–water partition coefficient (Wildman–Crippen LogP) is 0.316. The van der Waals surface area contributed by atoms with E-state index in [0.29, 0.717) is 6.42 Å². The lowest BCUT2D eigenvalue weighted by molar-refractivity contribution is -0.213. The van der Waals surface area contributed by atoms with Gasteiger partial charge in [0.15, 0.2) is 17.3 Å². The number of aliphatic hydroxyl groups excluding tert-OH is 1. The maximum atomic E-state index is 12.8. The van der Waals surface area contributed by atoms with E-state index >= 15 is 0 Å². The number of esters is 4. The van der Waals surface area contributed by atoms with Crippen molar-refractivity contribution in [3.8, 4) is 0 Å². The number of carbonyl (C=O) groups is 4. The Labute approximate surface area is 203 Å². The zero-order valence-electron chi connectivity index (χ0n) is 21.0. The zero-order valence-corrected chi connectivity index (χ0v) is 21.0. The highest BCUT2D eigenvalue weighted by atomic mass is 16.6. The maximum absolute atomic E-state index is 12.8. The fourth-order valence-electron chi connectivity index (χ4n) is 5.54. The van der Waals surface area contributed by atoms with Crippen LogP contribution in [0, 0.1) is 11.8 Å². The number of ether oxygens (including phenoxy) is 4. The monoisotopic (exact) mass is 498 g/mol. The van der Waals surface area contributed by atoms with E-state index in [1.165, 1.54) is 13.8 Å². The third-order valence-corrected chi connectivity index (χ3v) is 7.65. The van der Waals surface area contributed by atoms with E-state index in [4.69, 9.17) is 18.9 Å².